The van der Waals surface area contributed by atoms with Gasteiger partial charge in [0.2, 0.25) is 0 Å². The second kappa shape index (κ2) is 7.69. The average molecular weight is 411 g/mol. The lowest BCUT2D eigenvalue weighted by Gasteiger charge is -2.12. The van der Waals surface area contributed by atoms with E-state index in [1.165, 1.54) is 23.1 Å². The molecule has 7 nitrogen and oxygen atoms in total. The van der Waals surface area contributed by atoms with Crippen LogP contribution in [-0.2, 0) is 0 Å². The fourth-order valence-corrected chi connectivity index (χ4v) is 4.34. The first kappa shape index (κ1) is 18.6. The van der Waals surface area contributed by atoms with Crippen LogP contribution in [0.3, 0.4) is 0 Å². The van der Waals surface area contributed by atoms with Gasteiger partial charge in [0.1, 0.15) is 5.51 Å². The van der Waals surface area contributed by atoms with Crippen LogP contribution in [0.25, 0.3) is 11.0 Å². The Labute approximate surface area is 170 Å². The van der Waals surface area contributed by atoms with Gasteiger partial charge < -0.3 is 5.32 Å². The molecule has 0 bridgehead atoms. The zero-order chi connectivity index (χ0) is 19.7. The van der Waals surface area contributed by atoms with Crippen LogP contribution in [0, 0.1) is 6.92 Å². The summed E-state index contributed by atoms with van der Waals surface area (Å²) in [6.45, 7) is 5.95. The molecular formula is C19H18N6OS2. The van der Waals surface area contributed by atoms with E-state index in [0.717, 1.165) is 26.0 Å². The molecule has 4 aromatic rings. The van der Waals surface area contributed by atoms with Gasteiger partial charge in [-0.3, -0.25) is 4.79 Å². The molecule has 0 saturated carbocycles. The summed E-state index contributed by atoms with van der Waals surface area (Å²) in [6.07, 6.45) is 1.75. The van der Waals surface area contributed by atoms with Crippen molar-refractivity contribution in [3.05, 3.63) is 53.3 Å². The number of aryl methyl sites for hydroxylation is 1. The Hall–Kier alpha value is -2.78. The number of hydrogen-bond acceptors (Lipinski definition) is 7. The Morgan fingerprint density at radius 1 is 1.29 bits per heavy atom. The normalized spacial score (nSPS) is 11.3. The van der Waals surface area contributed by atoms with Gasteiger partial charge in [-0.1, -0.05) is 35.2 Å². The van der Waals surface area contributed by atoms with Gasteiger partial charge in [-0.25, -0.2) is 9.67 Å². The molecule has 28 heavy (non-hydrogen) atoms. The first-order valence-corrected chi connectivity index (χ1v) is 10.4. The van der Waals surface area contributed by atoms with Crippen molar-refractivity contribution in [1.82, 2.24) is 25.0 Å². The summed E-state index contributed by atoms with van der Waals surface area (Å²) < 4.78 is 2.68. The number of rotatable bonds is 5. The predicted molar refractivity (Wildman–Crippen MR) is 111 cm³/mol. The molecule has 0 aliphatic heterocycles. The largest absolute Gasteiger partial charge is 0.321 e. The van der Waals surface area contributed by atoms with Gasteiger partial charge in [-0.15, -0.1) is 10.2 Å². The van der Waals surface area contributed by atoms with Crippen molar-refractivity contribution in [3.8, 4) is 0 Å². The molecule has 3 aromatic heterocycles. The molecule has 0 radical (unpaired) electrons. The molecule has 3 heterocycles. The lowest BCUT2D eigenvalue weighted by molar-refractivity contribution is 0.102. The smallest absolute Gasteiger partial charge is 0.257 e. The Kier molecular flexibility index (Phi) is 5.10. The van der Waals surface area contributed by atoms with Crippen molar-refractivity contribution in [1.29, 1.82) is 0 Å². The maximum absolute atomic E-state index is 13.0. The van der Waals surface area contributed by atoms with Gasteiger partial charge in [0.15, 0.2) is 9.99 Å². The second-order valence-electron chi connectivity index (χ2n) is 6.47. The number of nitrogens with one attached hydrogen (secondary N) is 1. The van der Waals surface area contributed by atoms with Gasteiger partial charge >= 0.3 is 0 Å². The molecule has 9 heteroatoms. The van der Waals surface area contributed by atoms with Gasteiger partial charge in [-0.2, -0.15) is 5.10 Å². The number of aromatic nitrogens is 5. The Balaban J connectivity index is 1.63. The van der Waals surface area contributed by atoms with Crippen LogP contribution >= 0.6 is 23.1 Å². The lowest BCUT2D eigenvalue weighted by atomic mass is 10.1. The van der Waals surface area contributed by atoms with E-state index >= 15 is 0 Å². The summed E-state index contributed by atoms with van der Waals surface area (Å²) >= 11 is 2.93. The number of amides is 1. The summed E-state index contributed by atoms with van der Waals surface area (Å²) in [4.78, 5) is 18.5. The number of carbonyl (C=O) groups is 1. The summed E-state index contributed by atoms with van der Waals surface area (Å²) in [7, 11) is 0. The Morgan fingerprint density at radius 3 is 2.86 bits per heavy atom. The number of fused-ring (bicyclic) bond motifs is 1. The fraction of sp³-hybridized carbons (Fsp3) is 0.211. The minimum atomic E-state index is -0.200. The van der Waals surface area contributed by atoms with E-state index in [-0.39, 0.29) is 11.9 Å². The summed E-state index contributed by atoms with van der Waals surface area (Å²) in [5.74, 6) is -0.200. The van der Waals surface area contributed by atoms with Crippen molar-refractivity contribution in [2.75, 3.05) is 5.32 Å². The van der Waals surface area contributed by atoms with E-state index in [1.807, 2.05) is 41.9 Å². The van der Waals surface area contributed by atoms with Crippen LogP contribution in [0.2, 0.25) is 0 Å². The standard InChI is InChI=1S/C19H18N6OS2/c1-11(2)25-17-13(9-21-25)8-14(12(3)22-17)18(26)23-15-6-4-5-7-16(15)28-19-24-20-10-27-19/h4-11H,1-3H3,(H,23,26). The van der Waals surface area contributed by atoms with Crippen LogP contribution in [0.1, 0.15) is 35.9 Å². The van der Waals surface area contributed by atoms with Crippen LogP contribution < -0.4 is 5.32 Å². The first-order valence-electron chi connectivity index (χ1n) is 8.72. The predicted octanol–water partition coefficient (Wildman–Crippen LogP) is 4.58. The maximum Gasteiger partial charge on any atom is 0.257 e. The topological polar surface area (TPSA) is 85.6 Å². The highest BCUT2D eigenvalue weighted by atomic mass is 32.2. The van der Waals surface area contributed by atoms with Crippen molar-refractivity contribution in [3.63, 3.8) is 0 Å². The van der Waals surface area contributed by atoms with E-state index in [2.05, 4.69) is 39.4 Å². The molecule has 0 atom stereocenters. The Morgan fingerprint density at radius 2 is 2.11 bits per heavy atom. The molecule has 142 valence electrons. The number of carbonyl (C=O) groups excluding carboxylic acids is 1. The minimum absolute atomic E-state index is 0.200. The SMILES string of the molecule is Cc1nc2c(cnn2C(C)C)cc1C(=O)Nc1ccccc1Sc1nncs1. The molecule has 4 rings (SSSR count). The highest BCUT2D eigenvalue weighted by molar-refractivity contribution is 8.01. The third kappa shape index (κ3) is 3.63. The molecule has 1 N–H and O–H groups in total. The van der Waals surface area contributed by atoms with E-state index < -0.39 is 0 Å². The maximum atomic E-state index is 13.0. The van der Waals surface area contributed by atoms with Crippen molar-refractivity contribution < 1.29 is 4.79 Å². The third-order valence-corrected chi connectivity index (χ3v) is 6.02. The monoisotopic (exact) mass is 410 g/mol. The van der Waals surface area contributed by atoms with Crippen molar-refractivity contribution in [2.45, 2.75) is 36.0 Å². The molecule has 1 aromatic carbocycles. The Bertz CT molecular complexity index is 1140. The van der Waals surface area contributed by atoms with Crippen LogP contribution in [-0.4, -0.2) is 30.9 Å². The van der Waals surface area contributed by atoms with E-state index in [4.69, 9.17) is 0 Å². The number of benzene rings is 1. The van der Waals surface area contributed by atoms with Gasteiger partial charge in [0.05, 0.1) is 23.1 Å². The average Bonchev–Trinajstić information content (AvgIpc) is 3.32. The molecule has 0 fully saturated rings. The number of para-hydroxylation sites is 1. The second-order valence-corrected chi connectivity index (χ2v) is 8.60. The summed E-state index contributed by atoms with van der Waals surface area (Å²) in [5.41, 5.74) is 4.40. The summed E-state index contributed by atoms with van der Waals surface area (Å²) in [6, 6.07) is 9.69. The van der Waals surface area contributed by atoms with Crippen molar-refractivity contribution in [2.24, 2.45) is 0 Å². The zero-order valence-electron chi connectivity index (χ0n) is 15.6. The molecule has 0 aliphatic rings. The molecule has 0 spiro atoms. The van der Waals surface area contributed by atoms with Crippen LogP contribution in [0.15, 0.2) is 51.3 Å². The van der Waals surface area contributed by atoms with E-state index in [9.17, 15) is 4.79 Å². The first-order chi connectivity index (χ1) is 13.5. The van der Waals surface area contributed by atoms with Gasteiger partial charge in [-0.05, 0) is 39.0 Å². The number of pyridine rings is 1. The van der Waals surface area contributed by atoms with Gasteiger partial charge in [0, 0.05) is 16.3 Å². The number of anilines is 1. The zero-order valence-corrected chi connectivity index (χ0v) is 17.2. The quantitative estimate of drug-likeness (QED) is 0.518. The van der Waals surface area contributed by atoms with Crippen LogP contribution in [0.4, 0.5) is 5.69 Å². The van der Waals surface area contributed by atoms with E-state index in [1.54, 1.807) is 11.7 Å². The molecule has 0 saturated heterocycles. The highest BCUT2D eigenvalue weighted by Gasteiger charge is 2.17. The molecule has 0 unspecified atom stereocenters. The number of hydrogen-bond donors (Lipinski definition) is 1. The van der Waals surface area contributed by atoms with Crippen LogP contribution in [0.5, 0.6) is 0 Å². The van der Waals surface area contributed by atoms with Gasteiger partial charge in [0.25, 0.3) is 5.91 Å². The van der Waals surface area contributed by atoms with Crippen molar-refractivity contribution >= 4 is 45.7 Å². The summed E-state index contributed by atoms with van der Waals surface area (Å²) in [5, 5.41) is 16.1. The fourth-order valence-electron chi connectivity index (χ4n) is 2.82. The third-order valence-electron chi connectivity index (χ3n) is 4.17. The highest BCUT2D eigenvalue weighted by Crippen LogP contribution is 2.34. The number of nitrogens with zero attached hydrogens (tertiary/aromatic N) is 5. The molecular weight excluding hydrogens is 392 g/mol. The molecule has 1 amide bonds. The molecule has 0 aliphatic carbocycles. The lowest BCUT2D eigenvalue weighted by Crippen LogP contribution is -2.15. The minimum Gasteiger partial charge on any atom is -0.321 e. The van der Waals surface area contributed by atoms with E-state index in [0.29, 0.717) is 11.3 Å².